The lowest BCUT2D eigenvalue weighted by atomic mass is 9.89. The van der Waals surface area contributed by atoms with Crippen molar-refractivity contribution < 1.29 is 15.0 Å². The van der Waals surface area contributed by atoms with Crippen LogP contribution in [0.1, 0.15) is 46.5 Å². The third-order valence-electron chi connectivity index (χ3n) is 2.76. The molecule has 16 heavy (non-hydrogen) atoms. The molecule has 4 heteroatoms. The van der Waals surface area contributed by atoms with Crippen LogP contribution in [0.4, 0.5) is 0 Å². The first-order valence-electron chi connectivity index (χ1n) is 6.00. The van der Waals surface area contributed by atoms with Crippen LogP contribution in [0.2, 0.25) is 0 Å². The highest BCUT2D eigenvalue weighted by Crippen LogP contribution is 2.18. The van der Waals surface area contributed by atoms with Crippen LogP contribution >= 0.6 is 0 Å². The van der Waals surface area contributed by atoms with Crippen LogP contribution in [0.15, 0.2) is 0 Å². The molecule has 0 aliphatic carbocycles. The fourth-order valence-corrected chi connectivity index (χ4v) is 1.51. The summed E-state index contributed by atoms with van der Waals surface area (Å²) < 4.78 is 0. The zero-order valence-corrected chi connectivity index (χ0v) is 10.6. The van der Waals surface area contributed by atoms with Gasteiger partial charge < -0.3 is 15.5 Å². The van der Waals surface area contributed by atoms with Crippen LogP contribution in [-0.2, 0) is 4.79 Å². The average molecular weight is 231 g/mol. The van der Waals surface area contributed by atoms with Crippen molar-refractivity contribution in [3.63, 3.8) is 0 Å². The number of aliphatic hydroxyl groups is 1. The molecule has 0 aromatic heterocycles. The smallest absolute Gasteiger partial charge is 0.320 e. The van der Waals surface area contributed by atoms with Crippen molar-refractivity contribution in [2.24, 2.45) is 5.41 Å². The molecular formula is C12H25NO3. The number of hydrogen-bond donors (Lipinski definition) is 3. The molecule has 3 N–H and O–H groups in total. The summed E-state index contributed by atoms with van der Waals surface area (Å²) in [5.41, 5.74) is -0.0608. The van der Waals surface area contributed by atoms with E-state index < -0.39 is 12.0 Å². The molecule has 0 spiro atoms. The second-order valence-corrected chi connectivity index (χ2v) is 5.05. The molecular weight excluding hydrogens is 206 g/mol. The first-order chi connectivity index (χ1) is 7.43. The average Bonchev–Trinajstić information content (AvgIpc) is 2.17. The van der Waals surface area contributed by atoms with Gasteiger partial charge in [-0.3, -0.25) is 4.79 Å². The fraction of sp³-hybridized carbons (Fsp3) is 0.917. The first-order valence-corrected chi connectivity index (χ1v) is 6.00. The largest absolute Gasteiger partial charge is 0.480 e. The Bertz CT molecular complexity index is 204. The molecule has 0 bridgehead atoms. The number of unbranched alkanes of at least 4 members (excludes halogenated alkanes) is 1. The van der Waals surface area contributed by atoms with Gasteiger partial charge in [0.05, 0.1) is 0 Å². The second-order valence-electron chi connectivity index (χ2n) is 5.05. The van der Waals surface area contributed by atoms with Crippen molar-refractivity contribution in [3.05, 3.63) is 0 Å². The Balaban J connectivity index is 4.05. The maximum atomic E-state index is 11.0. The SMILES string of the molecule is CCCCC(NCC(C)(C)CCO)C(=O)O. The summed E-state index contributed by atoms with van der Waals surface area (Å²) in [5.74, 6) is -0.784. The summed E-state index contributed by atoms with van der Waals surface area (Å²) in [6, 6.07) is -0.460. The lowest BCUT2D eigenvalue weighted by Crippen LogP contribution is -2.42. The summed E-state index contributed by atoms with van der Waals surface area (Å²) in [7, 11) is 0. The predicted octanol–water partition coefficient (Wildman–Crippen LogP) is 1.63. The number of carboxylic acids is 1. The minimum Gasteiger partial charge on any atom is -0.480 e. The van der Waals surface area contributed by atoms with Gasteiger partial charge in [-0.15, -0.1) is 0 Å². The molecule has 1 atom stereocenters. The number of hydrogen-bond acceptors (Lipinski definition) is 3. The fourth-order valence-electron chi connectivity index (χ4n) is 1.51. The zero-order valence-electron chi connectivity index (χ0n) is 10.6. The van der Waals surface area contributed by atoms with E-state index in [1.165, 1.54) is 0 Å². The van der Waals surface area contributed by atoms with E-state index in [1.807, 2.05) is 13.8 Å². The van der Waals surface area contributed by atoms with Crippen molar-refractivity contribution in [1.82, 2.24) is 5.32 Å². The Kier molecular flexibility index (Phi) is 7.34. The van der Waals surface area contributed by atoms with E-state index in [0.29, 0.717) is 19.4 Å². The molecule has 0 saturated heterocycles. The summed E-state index contributed by atoms with van der Waals surface area (Å²) >= 11 is 0. The van der Waals surface area contributed by atoms with Crippen LogP contribution in [0.25, 0.3) is 0 Å². The van der Waals surface area contributed by atoms with Crippen LogP contribution < -0.4 is 5.32 Å². The molecule has 1 unspecified atom stereocenters. The number of aliphatic hydroxyl groups excluding tert-OH is 1. The van der Waals surface area contributed by atoms with Crippen molar-refractivity contribution in [1.29, 1.82) is 0 Å². The van der Waals surface area contributed by atoms with Gasteiger partial charge in [0.2, 0.25) is 0 Å². The lowest BCUT2D eigenvalue weighted by Gasteiger charge is -2.26. The summed E-state index contributed by atoms with van der Waals surface area (Å²) in [4.78, 5) is 11.0. The Hall–Kier alpha value is -0.610. The van der Waals surface area contributed by atoms with Crippen LogP contribution in [-0.4, -0.2) is 35.4 Å². The topological polar surface area (TPSA) is 69.6 Å². The number of nitrogens with one attached hydrogen (secondary N) is 1. The highest BCUT2D eigenvalue weighted by Gasteiger charge is 2.22. The molecule has 0 aromatic rings. The van der Waals surface area contributed by atoms with E-state index in [0.717, 1.165) is 12.8 Å². The van der Waals surface area contributed by atoms with Gasteiger partial charge in [0.1, 0.15) is 6.04 Å². The highest BCUT2D eigenvalue weighted by atomic mass is 16.4. The van der Waals surface area contributed by atoms with Gasteiger partial charge in [-0.05, 0) is 18.3 Å². The molecule has 0 saturated carbocycles. The second kappa shape index (κ2) is 7.63. The van der Waals surface area contributed by atoms with Crippen molar-refractivity contribution in [3.8, 4) is 0 Å². The zero-order chi connectivity index (χ0) is 12.6. The number of aliphatic carboxylic acids is 1. The van der Waals surface area contributed by atoms with Crippen molar-refractivity contribution in [2.45, 2.75) is 52.5 Å². The molecule has 0 rings (SSSR count). The molecule has 0 heterocycles. The van der Waals surface area contributed by atoms with Gasteiger partial charge in [0, 0.05) is 13.2 Å². The van der Waals surface area contributed by atoms with Gasteiger partial charge >= 0.3 is 5.97 Å². The van der Waals surface area contributed by atoms with Crippen LogP contribution in [0.5, 0.6) is 0 Å². The molecule has 0 aliphatic heterocycles. The third-order valence-corrected chi connectivity index (χ3v) is 2.76. The Morgan fingerprint density at radius 2 is 2.06 bits per heavy atom. The molecule has 0 aromatic carbocycles. The minimum absolute atomic E-state index is 0.0608. The summed E-state index contributed by atoms with van der Waals surface area (Å²) in [5, 5.41) is 21.0. The normalized spacial score (nSPS) is 13.8. The quantitative estimate of drug-likeness (QED) is 0.564. The van der Waals surface area contributed by atoms with Gasteiger partial charge in [-0.25, -0.2) is 0 Å². The van der Waals surface area contributed by atoms with Crippen LogP contribution in [0.3, 0.4) is 0 Å². The first kappa shape index (κ1) is 15.4. The van der Waals surface area contributed by atoms with Crippen molar-refractivity contribution in [2.75, 3.05) is 13.2 Å². The number of carbonyl (C=O) groups is 1. The van der Waals surface area contributed by atoms with E-state index in [1.54, 1.807) is 0 Å². The monoisotopic (exact) mass is 231 g/mol. The summed E-state index contributed by atoms with van der Waals surface area (Å²) in [6.07, 6.45) is 3.27. The molecule has 0 radical (unpaired) electrons. The highest BCUT2D eigenvalue weighted by molar-refractivity contribution is 5.73. The predicted molar refractivity (Wildman–Crippen MR) is 64.4 cm³/mol. The van der Waals surface area contributed by atoms with E-state index in [2.05, 4.69) is 12.2 Å². The van der Waals surface area contributed by atoms with E-state index in [-0.39, 0.29) is 12.0 Å². The molecule has 0 aliphatic rings. The van der Waals surface area contributed by atoms with Crippen molar-refractivity contribution >= 4 is 5.97 Å². The number of rotatable bonds is 9. The molecule has 0 amide bonds. The number of carboxylic acid groups (broad SMARTS) is 1. The maximum absolute atomic E-state index is 11.0. The van der Waals surface area contributed by atoms with E-state index in [4.69, 9.17) is 10.2 Å². The molecule has 4 nitrogen and oxygen atoms in total. The Morgan fingerprint density at radius 3 is 2.50 bits per heavy atom. The van der Waals surface area contributed by atoms with Gasteiger partial charge in [-0.1, -0.05) is 33.6 Å². The van der Waals surface area contributed by atoms with Gasteiger partial charge in [0.15, 0.2) is 0 Å². The summed E-state index contributed by atoms with van der Waals surface area (Å²) in [6.45, 7) is 6.86. The third kappa shape index (κ3) is 6.80. The minimum atomic E-state index is -0.784. The van der Waals surface area contributed by atoms with E-state index >= 15 is 0 Å². The standard InChI is InChI=1S/C12H25NO3/c1-4-5-6-10(11(15)16)13-9-12(2,3)7-8-14/h10,13-14H,4-9H2,1-3H3,(H,15,16). The van der Waals surface area contributed by atoms with E-state index in [9.17, 15) is 4.79 Å². The lowest BCUT2D eigenvalue weighted by molar-refractivity contribution is -0.139. The van der Waals surface area contributed by atoms with Crippen LogP contribution in [0, 0.1) is 5.41 Å². The Labute approximate surface area is 98.1 Å². The molecule has 96 valence electrons. The van der Waals surface area contributed by atoms with Gasteiger partial charge in [0.25, 0.3) is 0 Å². The maximum Gasteiger partial charge on any atom is 0.320 e. The molecule has 0 fully saturated rings. The Morgan fingerprint density at radius 1 is 1.44 bits per heavy atom. The van der Waals surface area contributed by atoms with Gasteiger partial charge in [-0.2, -0.15) is 0 Å².